The highest BCUT2D eigenvalue weighted by molar-refractivity contribution is 5.65. The number of nitrogens with zero attached hydrogens (tertiary/aromatic N) is 4. The van der Waals surface area contributed by atoms with Crippen LogP contribution in [0.4, 0.5) is 4.79 Å². The molecule has 2 N–H and O–H groups in total. The number of piperazine rings is 1. The van der Waals surface area contributed by atoms with Gasteiger partial charge in [-0.15, -0.1) is 0 Å². The number of hydrogen-bond donors (Lipinski definition) is 2. The van der Waals surface area contributed by atoms with E-state index in [1.807, 2.05) is 24.3 Å². The summed E-state index contributed by atoms with van der Waals surface area (Å²) in [7, 11) is 0. The Labute approximate surface area is 140 Å². The van der Waals surface area contributed by atoms with Crippen molar-refractivity contribution in [1.29, 1.82) is 5.26 Å². The average Bonchev–Trinajstić information content (AvgIpc) is 3.10. The van der Waals surface area contributed by atoms with E-state index in [0.717, 1.165) is 24.2 Å². The molecule has 1 unspecified atom stereocenters. The molecule has 2 heterocycles. The number of aromatic nitrogens is 2. The second-order valence-corrected chi connectivity index (χ2v) is 5.94. The van der Waals surface area contributed by atoms with Crippen LogP contribution in [0.15, 0.2) is 36.8 Å². The number of amides is 1. The fourth-order valence-electron chi connectivity index (χ4n) is 3.04. The van der Waals surface area contributed by atoms with Crippen molar-refractivity contribution in [3.63, 3.8) is 0 Å². The van der Waals surface area contributed by atoms with Gasteiger partial charge in [0.05, 0.1) is 18.0 Å². The lowest BCUT2D eigenvalue weighted by atomic mass is 10.0. The van der Waals surface area contributed by atoms with E-state index in [1.54, 1.807) is 12.5 Å². The maximum Gasteiger partial charge on any atom is 0.407 e. The van der Waals surface area contributed by atoms with Crippen molar-refractivity contribution >= 4 is 6.09 Å². The number of nitriles is 1. The normalized spacial score (nSPS) is 18.3. The van der Waals surface area contributed by atoms with Crippen LogP contribution in [0.3, 0.4) is 0 Å². The largest absolute Gasteiger partial charge is 0.465 e. The van der Waals surface area contributed by atoms with Crippen LogP contribution in [0, 0.1) is 11.3 Å². The third-order valence-electron chi connectivity index (χ3n) is 4.35. The van der Waals surface area contributed by atoms with Gasteiger partial charge in [-0.05, 0) is 17.7 Å². The van der Waals surface area contributed by atoms with Gasteiger partial charge >= 0.3 is 6.09 Å². The summed E-state index contributed by atoms with van der Waals surface area (Å²) < 4.78 is 0. The SMILES string of the molecule is N#Cc1ccc(CN2CCN(C(=O)O)CC2Cc2cnc[nH]2)cc1. The molecule has 7 nitrogen and oxygen atoms in total. The standard InChI is InChI=1S/C17H19N5O2/c18-8-13-1-3-14(4-2-13)10-21-5-6-22(17(23)24)11-16(21)7-15-9-19-12-20-15/h1-4,9,12,16H,5-7,10-11H2,(H,19,20)(H,23,24). The Morgan fingerprint density at radius 2 is 2.17 bits per heavy atom. The summed E-state index contributed by atoms with van der Waals surface area (Å²) in [5.74, 6) is 0. The highest BCUT2D eigenvalue weighted by atomic mass is 16.4. The van der Waals surface area contributed by atoms with Crippen molar-refractivity contribution < 1.29 is 9.90 Å². The minimum atomic E-state index is -0.873. The van der Waals surface area contributed by atoms with Crippen LogP contribution in [-0.4, -0.2) is 56.6 Å². The third-order valence-corrected chi connectivity index (χ3v) is 4.35. The first kappa shape index (κ1) is 16.0. The molecule has 1 aliphatic heterocycles. The van der Waals surface area contributed by atoms with Crippen LogP contribution >= 0.6 is 0 Å². The number of carbonyl (C=O) groups is 1. The number of aromatic amines is 1. The summed E-state index contributed by atoms with van der Waals surface area (Å²) >= 11 is 0. The third kappa shape index (κ3) is 3.73. The molecule has 1 fully saturated rings. The zero-order valence-corrected chi connectivity index (χ0v) is 13.2. The van der Waals surface area contributed by atoms with Crippen LogP contribution in [0.25, 0.3) is 0 Å². The minimum Gasteiger partial charge on any atom is -0.465 e. The lowest BCUT2D eigenvalue weighted by molar-refractivity contribution is 0.0639. The molecule has 1 aromatic heterocycles. The molecule has 0 bridgehead atoms. The maximum atomic E-state index is 11.3. The van der Waals surface area contributed by atoms with Crippen molar-refractivity contribution in [3.8, 4) is 6.07 Å². The lowest BCUT2D eigenvalue weighted by Gasteiger charge is -2.40. The van der Waals surface area contributed by atoms with Gasteiger partial charge in [0.15, 0.2) is 0 Å². The van der Waals surface area contributed by atoms with Gasteiger partial charge in [0.2, 0.25) is 0 Å². The highest BCUT2D eigenvalue weighted by Crippen LogP contribution is 2.18. The van der Waals surface area contributed by atoms with Gasteiger partial charge < -0.3 is 15.0 Å². The smallest absolute Gasteiger partial charge is 0.407 e. The fraction of sp³-hybridized carbons (Fsp3) is 0.353. The van der Waals surface area contributed by atoms with Gasteiger partial charge in [0.1, 0.15) is 0 Å². The predicted octanol–water partition coefficient (Wildman–Crippen LogP) is 1.69. The molecule has 7 heteroatoms. The number of imidazole rings is 1. The zero-order chi connectivity index (χ0) is 16.9. The molecule has 0 aliphatic carbocycles. The number of nitrogens with one attached hydrogen (secondary N) is 1. The topological polar surface area (TPSA) is 96.2 Å². The molecule has 1 saturated heterocycles. The average molecular weight is 325 g/mol. The predicted molar refractivity (Wildman–Crippen MR) is 87.2 cm³/mol. The number of hydrogen-bond acceptors (Lipinski definition) is 4. The van der Waals surface area contributed by atoms with E-state index in [0.29, 0.717) is 25.2 Å². The second-order valence-electron chi connectivity index (χ2n) is 5.94. The molecular formula is C17H19N5O2. The van der Waals surface area contributed by atoms with Gasteiger partial charge in [0, 0.05) is 50.5 Å². The van der Waals surface area contributed by atoms with Gasteiger partial charge in [-0.25, -0.2) is 9.78 Å². The molecule has 1 aliphatic rings. The summed E-state index contributed by atoms with van der Waals surface area (Å²) in [6.45, 7) is 2.40. The first-order chi connectivity index (χ1) is 11.7. The monoisotopic (exact) mass is 325 g/mol. The van der Waals surface area contributed by atoms with Gasteiger partial charge in [0.25, 0.3) is 0 Å². The Kier molecular flexibility index (Phi) is 4.77. The van der Waals surface area contributed by atoms with E-state index >= 15 is 0 Å². The number of rotatable bonds is 4. The van der Waals surface area contributed by atoms with E-state index in [2.05, 4.69) is 20.9 Å². The maximum absolute atomic E-state index is 11.3. The fourth-order valence-corrected chi connectivity index (χ4v) is 3.04. The second kappa shape index (κ2) is 7.15. The summed E-state index contributed by atoms with van der Waals surface area (Å²) in [4.78, 5) is 22.2. The lowest BCUT2D eigenvalue weighted by Crippen LogP contribution is -2.54. The first-order valence-corrected chi connectivity index (χ1v) is 7.84. The molecule has 0 saturated carbocycles. The van der Waals surface area contributed by atoms with Crippen molar-refractivity contribution in [2.24, 2.45) is 0 Å². The summed E-state index contributed by atoms with van der Waals surface area (Å²) in [6.07, 6.45) is 3.26. The Hall–Kier alpha value is -2.85. The zero-order valence-electron chi connectivity index (χ0n) is 13.2. The molecule has 3 rings (SSSR count). The van der Waals surface area contributed by atoms with Crippen LogP contribution < -0.4 is 0 Å². The van der Waals surface area contributed by atoms with E-state index in [1.165, 1.54) is 4.90 Å². The molecule has 1 amide bonds. The van der Waals surface area contributed by atoms with Crippen LogP contribution in [0.2, 0.25) is 0 Å². The van der Waals surface area contributed by atoms with Gasteiger partial charge in [-0.3, -0.25) is 4.90 Å². The highest BCUT2D eigenvalue weighted by Gasteiger charge is 2.29. The summed E-state index contributed by atoms with van der Waals surface area (Å²) in [6, 6.07) is 9.74. The Bertz CT molecular complexity index is 720. The number of carboxylic acid groups (broad SMARTS) is 1. The van der Waals surface area contributed by atoms with Crippen LogP contribution in [0.1, 0.15) is 16.8 Å². The van der Waals surface area contributed by atoms with Gasteiger partial charge in [-0.2, -0.15) is 5.26 Å². The number of H-pyrrole nitrogens is 1. The molecule has 1 aromatic carbocycles. The van der Waals surface area contributed by atoms with Gasteiger partial charge in [-0.1, -0.05) is 12.1 Å². The van der Waals surface area contributed by atoms with E-state index in [-0.39, 0.29) is 6.04 Å². The minimum absolute atomic E-state index is 0.0888. The molecular weight excluding hydrogens is 306 g/mol. The number of benzene rings is 1. The van der Waals surface area contributed by atoms with Crippen molar-refractivity contribution in [2.75, 3.05) is 19.6 Å². The quantitative estimate of drug-likeness (QED) is 0.891. The Morgan fingerprint density at radius 3 is 2.79 bits per heavy atom. The van der Waals surface area contributed by atoms with Crippen LogP contribution in [0.5, 0.6) is 0 Å². The molecule has 124 valence electrons. The molecule has 0 radical (unpaired) electrons. The first-order valence-electron chi connectivity index (χ1n) is 7.84. The molecule has 24 heavy (non-hydrogen) atoms. The molecule has 1 atom stereocenters. The van der Waals surface area contributed by atoms with E-state index in [4.69, 9.17) is 5.26 Å². The molecule has 2 aromatic rings. The van der Waals surface area contributed by atoms with Crippen molar-refractivity contribution in [3.05, 3.63) is 53.6 Å². The van der Waals surface area contributed by atoms with Crippen molar-refractivity contribution in [1.82, 2.24) is 19.8 Å². The Morgan fingerprint density at radius 1 is 1.38 bits per heavy atom. The van der Waals surface area contributed by atoms with E-state index < -0.39 is 6.09 Å². The van der Waals surface area contributed by atoms with E-state index in [9.17, 15) is 9.90 Å². The Balaban J connectivity index is 1.73. The van der Waals surface area contributed by atoms with Crippen LogP contribution in [-0.2, 0) is 13.0 Å². The van der Waals surface area contributed by atoms with Crippen molar-refractivity contribution in [2.45, 2.75) is 19.0 Å². The molecule has 0 spiro atoms. The summed E-state index contributed by atoms with van der Waals surface area (Å²) in [5, 5.41) is 18.2. The summed E-state index contributed by atoms with van der Waals surface area (Å²) in [5.41, 5.74) is 2.76.